The summed E-state index contributed by atoms with van der Waals surface area (Å²) in [6.07, 6.45) is 3.80. The van der Waals surface area contributed by atoms with Gasteiger partial charge in [-0.15, -0.1) is 0 Å². The Hall–Kier alpha value is -2.39. The van der Waals surface area contributed by atoms with Crippen LogP contribution in [-0.2, 0) is 6.54 Å². The molecule has 0 saturated heterocycles. The Morgan fingerprint density at radius 2 is 1.48 bits per heavy atom. The zero-order valence-corrected chi connectivity index (χ0v) is 11.9. The maximum Gasteiger partial charge on any atom is 0.0577 e. The van der Waals surface area contributed by atoms with Gasteiger partial charge >= 0.3 is 0 Å². The molecule has 0 radical (unpaired) electrons. The van der Waals surface area contributed by atoms with Gasteiger partial charge in [0.25, 0.3) is 0 Å². The van der Waals surface area contributed by atoms with Crippen LogP contribution >= 0.6 is 0 Å². The largest absolute Gasteiger partial charge is 0.304 e. The van der Waals surface area contributed by atoms with E-state index < -0.39 is 0 Å². The van der Waals surface area contributed by atoms with Crippen molar-refractivity contribution in [3.63, 3.8) is 0 Å². The summed E-state index contributed by atoms with van der Waals surface area (Å²) in [5.74, 6) is 0. The molecule has 0 fully saturated rings. The first kappa shape index (κ1) is 13.6. The van der Waals surface area contributed by atoms with Gasteiger partial charge in [0.2, 0.25) is 0 Å². The molecule has 0 aliphatic carbocycles. The van der Waals surface area contributed by atoms with Gasteiger partial charge in [0.15, 0.2) is 0 Å². The van der Waals surface area contributed by atoms with E-state index in [9.17, 15) is 0 Å². The molecule has 3 heteroatoms. The lowest BCUT2D eigenvalue weighted by Crippen LogP contribution is -2.26. The Bertz CT molecular complexity index is 593. The van der Waals surface area contributed by atoms with Gasteiger partial charge in [0.1, 0.15) is 0 Å². The Morgan fingerprint density at radius 3 is 2.00 bits per heavy atom. The molecule has 0 atom stereocenters. The fourth-order valence-electron chi connectivity index (χ4n) is 2.48. The average Bonchev–Trinajstić information content (AvgIpc) is 3.07. The van der Waals surface area contributed by atoms with Gasteiger partial charge in [-0.2, -0.15) is 5.10 Å². The highest BCUT2D eigenvalue weighted by molar-refractivity contribution is 5.31. The molecule has 3 rings (SSSR count). The predicted molar refractivity (Wildman–Crippen MR) is 85.0 cm³/mol. The second-order valence-electron chi connectivity index (χ2n) is 4.98. The third-order valence-corrected chi connectivity index (χ3v) is 3.51. The van der Waals surface area contributed by atoms with Crippen LogP contribution in [0, 0.1) is 0 Å². The number of hydrogen-bond donors (Lipinski definition) is 1. The molecule has 0 aliphatic heterocycles. The van der Waals surface area contributed by atoms with Crippen LogP contribution in [0.3, 0.4) is 0 Å². The zero-order chi connectivity index (χ0) is 14.3. The minimum atomic E-state index is 0.211. The highest BCUT2D eigenvalue weighted by Gasteiger charge is 2.12. The summed E-state index contributed by atoms with van der Waals surface area (Å²) in [5, 5.41) is 7.87. The van der Waals surface area contributed by atoms with Gasteiger partial charge in [-0.1, -0.05) is 60.7 Å². The topological polar surface area (TPSA) is 29.9 Å². The fourth-order valence-corrected chi connectivity index (χ4v) is 2.48. The first-order chi connectivity index (χ1) is 10.4. The van der Waals surface area contributed by atoms with Crippen LogP contribution in [0.5, 0.6) is 0 Å². The van der Waals surface area contributed by atoms with E-state index in [1.165, 1.54) is 11.1 Å². The van der Waals surface area contributed by atoms with Crippen molar-refractivity contribution in [1.29, 1.82) is 0 Å². The highest BCUT2D eigenvalue weighted by atomic mass is 15.3. The molecule has 1 heterocycles. The molecule has 3 aromatic rings. The van der Waals surface area contributed by atoms with Crippen molar-refractivity contribution in [3.05, 3.63) is 90.3 Å². The molecular weight excluding hydrogens is 258 g/mol. The summed E-state index contributed by atoms with van der Waals surface area (Å²) in [4.78, 5) is 0. The minimum absolute atomic E-state index is 0.211. The zero-order valence-electron chi connectivity index (χ0n) is 11.9. The van der Waals surface area contributed by atoms with E-state index in [4.69, 9.17) is 0 Å². The fraction of sp³-hybridized carbons (Fsp3) is 0.167. The van der Waals surface area contributed by atoms with E-state index in [1.54, 1.807) is 0 Å². The van der Waals surface area contributed by atoms with E-state index in [-0.39, 0.29) is 6.04 Å². The Balaban J connectivity index is 1.73. The molecule has 0 bridgehead atoms. The second kappa shape index (κ2) is 6.86. The van der Waals surface area contributed by atoms with E-state index in [1.807, 2.05) is 23.1 Å². The Morgan fingerprint density at radius 1 is 0.857 bits per heavy atom. The van der Waals surface area contributed by atoms with Crippen LogP contribution in [0.1, 0.15) is 17.2 Å². The second-order valence-corrected chi connectivity index (χ2v) is 4.98. The van der Waals surface area contributed by atoms with Crippen LogP contribution in [0.2, 0.25) is 0 Å². The summed E-state index contributed by atoms with van der Waals surface area (Å²) in [6.45, 7) is 1.74. The van der Waals surface area contributed by atoms with Crippen molar-refractivity contribution in [2.24, 2.45) is 0 Å². The number of rotatable bonds is 6. The number of nitrogens with zero attached hydrogens (tertiary/aromatic N) is 2. The van der Waals surface area contributed by atoms with Crippen LogP contribution in [0.4, 0.5) is 0 Å². The SMILES string of the molecule is c1ccc(C(NCCn2cccn2)c2ccccc2)cc1. The van der Waals surface area contributed by atoms with Crippen LogP contribution in [-0.4, -0.2) is 16.3 Å². The third-order valence-electron chi connectivity index (χ3n) is 3.51. The molecule has 0 unspecified atom stereocenters. The molecule has 2 aromatic carbocycles. The molecule has 106 valence electrons. The monoisotopic (exact) mass is 277 g/mol. The maximum absolute atomic E-state index is 4.24. The lowest BCUT2D eigenvalue weighted by atomic mass is 9.99. The third kappa shape index (κ3) is 3.58. The summed E-state index contributed by atoms with van der Waals surface area (Å²) < 4.78 is 1.94. The van der Waals surface area contributed by atoms with E-state index in [0.717, 1.165) is 13.1 Å². The van der Waals surface area contributed by atoms with Gasteiger partial charge in [0, 0.05) is 18.9 Å². The summed E-state index contributed by atoms with van der Waals surface area (Å²) in [7, 11) is 0. The predicted octanol–water partition coefficient (Wildman–Crippen LogP) is 3.26. The van der Waals surface area contributed by atoms with Crippen molar-refractivity contribution in [3.8, 4) is 0 Å². The van der Waals surface area contributed by atoms with Gasteiger partial charge in [-0.3, -0.25) is 4.68 Å². The molecule has 1 N–H and O–H groups in total. The van der Waals surface area contributed by atoms with Crippen molar-refractivity contribution in [1.82, 2.24) is 15.1 Å². The average molecular weight is 277 g/mol. The quantitative estimate of drug-likeness (QED) is 0.749. The van der Waals surface area contributed by atoms with Gasteiger partial charge in [-0.25, -0.2) is 0 Å². The van der Waals surface area contributed by atoms with Crippen LogP contribution < -0.4 is 5.32 Å². The number of hydrogen-bond acceptors (Lipinski definition) is 2. The number of aromatic nitrogens is 2. The molecule has 21 heavy (non-hydrogen) atoms. The molecule has 0 saturated carbocycles. The van der Waals surface area contributed by atoms with Gasteiger partial charge < -0.3 is 5.32 Å². The summed E-state index contributed by atoms with van der Waals surface area (Å²) >= 11 is 0. The van der Waals surface area contributed by atoms with Crippen LogP contribution in [0.25, 0.3) is 0 Å². The van der Waals surface area contributed by atoms with Crippen molar-refractivity contribution < 1.29 is 0 Å². The normalized spacial score (nSPS) is 10.9. The standard InChI is InChI=1S/C18H19N3/c1-3-8-16(9-4-1)18(17-10-5-2-6-11-17)19-13-15-21-14-7-12-20-21/h1-12,14,18-19H,13,15H2. The number of benzene rings is 2. The van der Waals surface area contributed by atoms with Gasteiger partial charge in [0.05, 0.1) is 12.6 Å². The maximum atomic E-state index is 4.24. The Kier molecular flexibility index (Phi) is 4.44. The lowest BCUT2D eigenvalue weighted by molar-refractivity contribution is 0.522. The van der Waals surface area contributed by atoms with E-state index >= 15 is 0 Å². The smallest absolute Gasteiger partial charge is 0.0577 e. The molecule has 0 spiro atoms. The van der Waals surface area contributed by atoms with Crippen molar-refractivity contribution in [2.45, 2.75) is 12.6 Å². The lowest BCUT2D eigenvalue weighted by Gasteiger charge is -2.20. The summed E-state index contributed by atoms with van der Waals surface area (Å²) in [6, 6.07) is 23.3. The number of nitrogens with one attached hydrogen (secondary N) is 1. The first-order valence-electron chi connectivity index (χ1n) is 7.24. The highest BCUT2D eigenvalue weighted by Crippen LogP contribution is 2.21. The summed E-state index contributed by atoms with van der Waals surface area (Å²) in [5.41, 5.74) is 2.56. The van der Waals surface area contributed by atoms with E-state index in [2.05, 4.69) is 71.1 Å². The molecular formula is C18H19N3. The molecule has 0 amide bonds. The molecule has 1 aromatic heterocycles. The van der Waals surface area contributed by atoms with Crippen molar-refractivity contribution >= 4 is 0 Å². The minimum Gasteiger partial charge on any atom is -0.304 e. The Labute approximate surface area is 125 Å². The first-order valence-corrected chi connectivity index (χ1v) is 7.24. The van der Waals surface area contributed by atoms with E-state index in [0.29, 0.717) is 0 Å². The van der Waals surface area contributed by atoms with Crippen LogP contribution in [0.15, 0.2) is 79.1 Å². The molecule has 3 nitrogen and oxygen atoms in total. The molecule has 0 aliphatic rings. The van der Waals surface area contributed by atoms with Crippen molar-refractivity contribution in [2.75, 3.05) is 6.54 Å². The van der Waals surface area contributed by atoms with Gasteiger partial charge in [-0.05, 0) is 17.2 Å².